The number of anilines is 1. The molecule has 2 rings (SSSR count). The van der Waals surface area contributed by atoms with Crippen molar-refractivity contribution < 1.29 is 19.5 Å². The number of nitrogens with one attached hydrogen (secondary N) is 1. The molecular formula is C19H14NO4-. The number of benzene rings is 2. The number of aliphatic carboxylic acids is 1. The zero-order chi connectivity index (χ0) is 17.4. The van der Waals surface area contributed by atoms with Gasteiger partial charge in [-0.25, -0.2) is 0 Å². The number of hydrogen-bond acceptors (Lipinski definition) is 4. The van der Waals surface area contributed by atoms with Gasteiger partial charge in [0.05, 0.1) is 5.97 Å². The lowest BCUT2D eigenvalue weighted by molar-refractivity contribution is -0.297. The molecule has 120 valence electrons. The van der Waals surface area contributed by atoms with Crippen LogP contribution in [0.15, 0.2) is 72.8 Å². The number of carboxylic acid groups (broad SMARTS) is 1. The van der Waals surface area contributed by atoms with Crippen molar-refractivity contribution in [2.75, 3.05) is 5.32 Å². The lowest BCUT2D eigenvalue weighted by atomic mass is 10.1. The predicted molar refractivity (Wildman–Crippen MR) is 89.0 cm³/mol. The molecule has 5 nitrogen and oxygen atoms in total. The SMILES string of the molecule is O=C([O-])/C=C/C(=O)Nc1ccc(/C=C/C(=O)c2ccccc2)cc1. The third kappa shape index (κ3) is 5.38. The van der Waals surface area contributed by atoms with Gasteiger partial charge in [-0.15, -0.1) is 0 Å². The van der Waals surface area contributed by atoms with Crippen molar-refractivity contribution >= 4 is 29.4 Å². The van der Waals surface area contributed by atoms with Crippen molar-refractivity contribution in [3.8, 4) is 0 Å². The van der Waals surface area contributed by atoms with Gasteiger partial charge in [-0.3, -0.25) is 9.59 Å². The summed E-state index contributed by atoms with van der Waals surface area (Å²) in [5.74, 6) is -2.10. The normalized spacial score (nSPS) is 10.8. The van der Waals surface area contributed by atoms with E-state index in [2.05, 4.69) is 5.32 Å². The summed E-state index contributed by atoms with van der Waals surface area (Å²) >= 11 is 0. The van der Waals surface area contributed by atoms with Gasteiger partial charge in [-0.1, -0.05) is 48.5 Å². The van der Waals surface area contributed by atoms with Gasteiger partial charge in [-0.05, 0) is 29.8 Å². The van der Waals surface area contributed by atoms with Crippen molar-refractivity contribution in [1.82, 2.24) is 0 Å². The fourth-order valence-electron chi connectivity index (χ4n) is 1.88. The Labute approximate surface area is 138 Å². The Morgan fingerprint density at radius 3 is 2.12 bits per heavy atom. The topological polar surface area (TPSA) is 86.3 Å². The quantitative estimate of drug-likeness (QED) is 0.650. The average Bonchev–Trinajstić information content (AvgIpc) is 2.60. The maximum Gasteiger partial charge on any atom is 0.248 e. The minimum atomic E-state index is -1.44. The van der Waals surface area contributed by atoms with E-state index in [1.807, 2.05) is 6.07 Å². The molecule has 2 aromatic carbocycles. The highest BCUT2D eigenvalue weighted by Crippen LogP contribution is 2.11. The molecule has 0 fully saturated rings. The smallest absolute Gasteiger partial charge is 0.248 e. The predicted octanol–water partition coefficient (Wildman–Crippen LogP) is 1.83. The van der Waals surface area contributed by atoms with Gasteiger partial charge < -0.3 is 15.2 Å². The first-order chi connectivity index (χ1) is 11.5. The molecule has 0 aliphatic heterocycles. The van der Waals surface area contributed by atoms with E-state index in [1.165, 1.54) is 6.08 Å². The second-order valence-corrected chi connectivity index (χ2v) is 4.83. The van der Waals surface area contributed by atoms with Gasteiger partial charge in [-0.2, -0.15) is 0 Å². The van der Waals surface area contributed by atoms with Crippen LogP contribution < -0.4 is 10.4 Å². The Bertz CT molecular complexity index is 790. The van der Waals surface area contributed by atoms with Crippen molar-refractivity contribution in [2.24, 2.45) is 0 Å². The van der Waals surface area contributed by atoms with Crippen LogP contribution in [0.5, 0.6) is 0 Å². The molecule has 2 aromatic rings. The van der Waals surface area contributed by atoms with Crippen LogP contribution in [0.4, 0.5) is 5.69 Å². The second kappa shape index (κ2) is 8.24. The Morgan fingerprint density at radius 2 is 1.50 bits per heavy atom. The zero-order valence-corrected chi connectivity index (χ0v) is 12.6. The highest BCUT2D eigenvalue weighted by Gasteiger charge is 2.00. The number of carbonyl (C=O) groups is 3. The third-order valence-corrected chi connectivity index (χ3v) is 3.03. The Hall–Kier alpha value is -3.47. The maximum absolute atomic E-state index is 12.0. The van der Waals surface area contributed by atoms with Gasteiger partial charge in [0.25, 0.3) is 0 Å². The van der Waals surface area contributed by atoms with Crippen LogP contribution >= 0.6 is 0 Å². The van der Waals surface area contributed by atoms with E-state index in [1.54, 1.807) is 54.6 Å². The first-order valence-corrected chi connectivity index (χ1v) is 7.12. The summed E-state index contributed by atoms with van der Waals surface area (Å²) in [6.07, 6.45) is 4.69. The van der Waals surface area contributed by atoms with E-state index in [-0.39, 0.29) is 5.78 Å². The maximum atomic E-state index is 12.0. The van der Waals surface area contributed by atoms with E-state index in [9.17, 15) is 19.5 Å². The van der Waals surface area contributed by atoms with Gasteiger partial charge in [0.2, 0.25) is 5.91 Å². The molecule has 0 aromatic heterocycles. The molecule has 0 atom stereocenters. The van der Waals surface area contributed by atoms with E-state index in [0.29, 0.717) is 17.3 Å². The minimum Gasteiger partial charge on any atom is -0.545 e. The molecular weight excluding hydrogens is 306 g/mol. The molecule has 1 amide bonds. The van der Waals surface area contributed by atoms with Crippen molar-refractivity contribution in [3.63, 3.8) is 0 Å². The summed E-state index contributed by atoms with van der Waals surface area (Å²) in [5.41, 5.74) is 1.91. The number of hydrogen-bond donors (Lipinski definition) is 1. The van der Waals surface area contributed by atoms with E-state index < -0.39 is 11.9 Å². The highest BCUT2D eigenvalue weighted by molar-refractivity contribution is 6.06. The minimum absolute atomic E-state index is 0.0969. The number of carboxylic acids is 1. The average molecular weight is 320 g/mol. The van der Waals surface area contributed by atoms with Gasteiger partial charge in [0.1, 0.15) is 0 Å². The van der Waals surface area contributed by atoms with Crippen LogP contribution in [0.3, 0.4) is 0 Å². The number of ketones is 1. The molecule has 1 N–H and O–H groups in total. The van der Waals surface area contributed by atoms with Crippen molar-refractivity contribution in [3.05, 3.63) is 84.0 Å². The number of allylic oxidation sites excluding steroid dienone is 1. The van der Waals surface area contributed by atoms with Crippen LogP contribution in [-0.2, 0) is 9.59 Å². The Kier molecular flexibility index (Phi) is 5.80. The standard InChI is InChI=1S/C19H15NO4/c21-17(15-4-2-1-3-5-15)11-8-14-6-9-16(10-7-14)20-18(22)12-13-19(23)24/h1-13H,(H,20,22)(H,23,24)/p-1/b11-8+,13-12+. The summed E-state index contributed by atoms with van der Waals surface area (Å²) in [6, 6.07) is 15.7. The summed E-state index contributed by atoms with van der Waals surface area (Å²) in [4.78, 5) is 33.6. The molecule has 0 aliphatic carbocycles. The molecule has 0 unspecified atom stereocenters. The van der Waals surface area contributed by atoms with Gasteiger partial charge >= 0.3 is 0 Å². The largest absolute Gasteiger partial charge is 0.545 e. The van der Waals surface area contributed by atoms with E-state index >= 15 is 0 Å². The van der Waals surface area contributed by atoms with Gasteiger partial charge in [0.15, 0.2) is 5.78 Å². The molecule has 5 heteroatoms. The van der Waals surface area contributed by atoms with Gasteiger partial charge in [0, 0.05) is 17.3 Å². The van der Waals surface area contributed by atoms with Crippen molar-refractivity contribution in [1.29, 1.82) is 0 Å². The molecule has 0 radical (unpaired) electrons. The van der Waals surface area contributed by atoms with E-state index in [4.69, 9.17) is 0 Å². The first-order valence-electron chi connectivity index (χ1n) is 7.12. The molecule has 0 saturated carbocycles. The number of rotatable bonds is 6. The molecule has 0 saturated heterocycles. The number of carbonyl (C=O) groups excluding carboxylic acids is 3. The summed E-state index contributed by atoms with van der Waals surface area (Å²) in [5, 5.41) is 12.7. The van der Waals surface area contributed by atoms with E-state index in [0.717, 1.165) is 11.6 Å². The van der Waals surface area contributed by atoms with Crippen molar-refractivity contribution in [2.45, 2.75) is 0 Å². The molecule has 0 heterocycles. The highest BCUT2D eigenvalue weighted by atomic mass is 16.4. The summed E-state index contributed by atoms with van der Waals surface area (Å²) < 4.78 is 0. The third-order valence-electron chi connectivity index (χ3n) is 3.03. The van der Waals surface area contributed by atoms with Crippen LogP contribution in [0.1, 0.15) is 15.9 Å². The molecule has 0 aliphatic rings. The fraction of sp³-hybridized carbons (Fsp3) is 0. The lowest BCUT2D eigenvalue weighted by Gasteiger charge is -2.02. The summed E-state index contributed by atoms with van der Waals surface area (Å²) in [6.45, 7) is 0. The molecule has 24 heavy (non-hydrogen) atoms. The fourth-order valence-corrected chi connectivity index (χ4v) is 1.88. The lowest BCUT2D eigenvalue weighted by Crippen LogP contribution is -2.20. The van der Waals surface area contributed by atoms with Crippen LogP contribution in [0.25, 0.3) is 6.08 Å². The summed E-state index contributed by atoms with van der Waals surface area (Å²) in [7, 11) is 0. The second-order valence-electron chi connectivity index (χ2n) is 4.83. The molecule has 0 spiro atoms. The number of amides is 1. The Balaban J connectivity index is 1.97. The monoisotopic (exact) mass is 320 g/mol. The van der Waals surface area contributed by atoms with Crippen LogP contribution in [0, 0.1) is 0 Å². The first kappa shape index (κ1) is 16.9. The van der Waals surface area contributed by atoms with Crippen LogP contribution in [-0.4, -0.2) is 17.7 Å². The zero-order valence-electron chi connectivity index (χ0n) is 12.6. The molecule has 0 bridgehead atoms. The Morgan fingerprint density at radius 1 is 0.833 bits per heavy atom. The van der Waals surface area contributed by atoms with Crippen LogP contribution in [0.2, 0.25) is 0 Å².